The number of nitrogens with zero attached hydrogens (tertiary/aromatic N) is 3. The molecule has 2 aromatic heterocycles. The van der Waals surface area contributed by atoms with Gasteiger partial charge in [0.1, 0.15) is 11.9 Å². The van der Waals surface area contributed by atoms with Crippen LogP contribution in [0.2, 0.25) is 0 Å². The van der Waals surface area contributed by atoms with Gasteiger partial charge in [-0.15, -0.1) is 0 Å². The zero-order valence-electron chi connectivity index (χ0n) is 18.3. The van der Waals surface area contributed by atoms with Gasteiger partial charge in [0.15, 0.2) is 0 Å². The summed E-state index contributed by atoms with van der Waals surface area (Å²) < 4.78 is 0. The SMILES string of the molecule is O=C(NC(CCN1CC[C@@H](CCc2ccc3c(n2)NCCC3)C1)C(=O)O)c1cccnc1. The van der Waals surface area contributed by atoms with Crippen LogP contribution in [-0.4, -0.2) is 64.1 Å². The molecule has 0 spiro atoms. The normalized spacial score (nSPS) is 19.1. The number of likely N-dealkylation sites (tertiary alicyclic amines) is 1. The highest BCUT2D eigenvalue weighted by Gasteiger charge is 2.26. The van der Waals surface area contributed by atoms with Crippen LogP contribution in [0.25, 0.3) is 0 Å². The molecule has 4 rings (SSSR count). The molecule has 0 aliphatic carbocycles. The molecule has 8 nitrogen and oxygen atoms in total. The van der Waals surface area contributed by atoms with Gasteiger partial charge in [0.25, 0.3) is 5.91 Å². The van der Waals surface area contributed by atoms with Crippen molar-refractivity contribution >= 4 is 17.7 Å². The van der Waals surface area contributed by atoms with Crippen LogP contribution in [0.5, 0.6) is 0 Å². The molecule has 0 bridgehead atoms. The number of carbonyl (C=O) groups excluding carboxylic acids is 1. The van der Waals surface area contributed by atoms with Gasteiger partial charge in [-0.3, -0.25) is 9.78 Å². The number of anilines is 1. The molecule has 0 aromatic carbocycles. The predicted octanol–water partition coefficient (Wildman–Crippen LogP) is 2.36. The molecule has 8 heteroatoms. The summed E-state index contributed by atoms with van der Waals surface area (Å²) in [6.45, 7) is 3.58. The molecule has 2 atom stereocenters. The van der Waals surface area contributed by atoms with Gasteiger partial charge in [-0.2, -0.15) is 0 Å². The minimum atomic E-state index is -1.01. The molecule has 2 aliphatic rings. The number of carbonyl (C=O) groups is 2. The van der Waals surface area contributed by atoms with Crippen LogP contribution in [0.4, 0.5) is 5.82 Å². The van der Waals surface area contributed by atoms with E-state index in [0.29, 0.717) is 24.4 Å². The highest BCUT2D eigenvalue weighted by molar-refractivity contribution is 5.96. The fourth-order valence-corrected chi connectivity index (χ4v) is 4.52. The summed E-state index contributed by atoms with van der Waals surface area (Å²) in [5.74, 6) is 0.228. The van der Waals surface area contributed by atoms with Gasteiger partial charge in [-0.25, -0.2) is 9.78 Å². The van der Waals surface area contributed by atoms with Gasteiger partial charge in [-0.05, 0) is 74.8 Å². The third-order valence-corrected chi connectivity index (χ3v) is 6.39. The monoisotopic (exact) mass is 437 g/mol. The van der Waals surface area contributed by atoms with E-state index in [9.17, 15) is 14.7 Å². The topological polar surface area (TPSA) is 107 Å². The molecule has 1 fully saturated rings. The lowest BCUT2D eigenvalue weighted by molar-refractivity contribution is -0.139. The van der Waals surface area contributed by atoms with Gasteiger partial charge in [-0.1, -0.05) is 6.07 Å². The molecule has 0 saturated carbocycles. The van der Waals surface area contributed by atoms with Gasteiger partial charge in [0.05, 0.1) is 5.56 Å². The molecule has 2 aliphatic heterocycles. The molecule has 1 amide bonds. The number of carboxylic acids is 1. The second kappa shape index (κ2) is 10.5. The van der Waals surface area contributed by atoms with Gasteiger partial charge in [0, 0.05) is 37.7 Å². The zero-order valence-corrected chi connectivity index (χ0v) is 18.3. The van der Waals surface area contributed by atoms with Crippen LogP contribution in [0.3, 0.4) is 0 Å². The Balaban J connectivity index is 1.22. The largest absolute Gasteiger partial charge is 0.480 e. The molecular formula is C24H31N5O3. The minimum Gasteiger partial charge on any atom is -0.480 e. The third kappa shape index (κ3) is 5.82. The molecule has 0 radical (unpaired) electrons. The van der Waals surface area contributed by atoms with Crippen LogP contribution >= 0.6 is 0 Å². The maximum absolute atomic E-state index is 12.3. The number of carboxylic acid groups (broad SMARTS) is 1. The Hall–Kier alpha value is -3.00. The van der Waals surface area contributed by atoms with E-state index in [0.717, 1.165) is 56.8 Å². The first kappa shape index (κ1) is 22.2. The van der Waals surface area contributed by atoms with Crippen LogP contribution in [0, 0.1) is 5.92 Å². The average Bonchev–Trinajstić information content (AvgIpc) is 3.28. The standard InChI is InChI=1S/C24H31N5O3/c30-23(19-4-1-11-25-15-19)28-21(24(31)32)10-14-29-13-9-17(16-29)5-7-20-8-6-18-3-2-12-26-22(18)27-20/h1,4,6,8,11,15,17,21H,2-3,5,7,9-10,12-14,16H2,(H,26,27)(H,28,30)(H,31,32)/t17-,21?/m1/s1. The molecule has 2 aromatic rings. The maximum atomic E-state index is 12.3. The van der Waals surface area contributed by atoms with Crippen LogP contribution < -0.4 is 10.6 Å². The smallest absolute Gasteiger partial charge is 0.326 e. The zero-order chi connectivity index (χ0) is 22.3. The number of hydrogen-bond acceptors (Lipinski definition) is 6. The Morgan fingerprint density at radius 1 is 1.31 bits per heavy atom. The lowest BCUT2D eigenvalue weighted by Crippen LogP contribution is -2.43. The molecule has 3 N–H and O–H groups in total. The lowest BCUT2D eigenvalue weighted by atomic mass is 10.00. The van der Waals surface area contributed by atoms with Crippen molar-refractivity contribution in [1.82, 2.24) is 20.2 Å². The number of hydrogen-bond donors (Lipinski definition) is 3. The molecule has 170 valence electrons. The first-order valence-electron chi connectivity index (χ1n) is 11.5. The van der Waals surface area contributed by atoms with Crippen molar-refractivity contribution in [2.24, 2.45) is 5.92 Å². The quantitative estimate of drug-likeness (QED) is 0.553. The van der Waals surface area contributed by atoms with E-state index >= 15 is 0 Å². The number of aromatic nitrogens is 2. The summed E-state index contributed by atoms with van der Waals surface area (Å²) in [7, 11) is 0. The van der Waals surface area contributed by atoms with Gasteiger partial charge in [0.2, 0.25) is 0 Å². The van der Waals surface area contributed by atoms with Crippen LogP contribution in [0.15, 0.2) is 36.7 Å². The number of aryl methyl sites for hydroxylation is 2. The molecule has 1 saturated heterocycles. The van der Waals surface area contributed by atoms with E-state index in [-0.39, 0.29) is 0 Å². The summed E-state index contributed by atoms with van der Waals surface area (Å²) in [5.41, 5.74) is 2.82. The Morgan fingerprint density at radius 2 is 2.22 bits per heavy atom. The fourth-order valence-electron chi connectivity index (χ4n) is 4.52. The highest BCUT2D eigenvalue weighted by Crippen LogP contribution is 2.24. The van der Waals surface area contributed by atoms with Crippen molar-refractivity contribution in [3.05, 3.63) is 53.5 Å². The summed E-state index contributed by atoms with van der Waals surface area (Å²) in [6, 6.07) is 6.73. The lowest BCUT2D eigenvalue weighted by Gasteiger charge is -2.20. The average molecular weight is 438 g/mol. The van der Waals surface area contributed by atoms with Crippen molar-refractivity contribution < 1.29 is 14.7 Å². The summed E-state index contributed by atoms with van der Waals surface area (Å²) in [5, 5.41) is 15.5. The molecule has 4 heterocycles. The van der Waals surface area contributed by atoms with Crippen molar-refractivity contribution in [3.63, 3.8) is 0 Å². The van der Waals surface area contributed by atoms with Crippen molar-refractivity contribution in [1.29, 1.82) is 0 Å². The summed E-state index contributed by atoms with van der Waals surface area (Å²) >= 11 is 0. The van der Waals surface area contributed by atoms with Crippen LogP contribution in [0.1, 0.15) is 47.3 Å². The Bertz CT molecular complexity index is 936. The van der Waals surface area contributed by atoms with Crippen molar-refractivity contribution in [2.75, 3.05) is 31.5 Å². The number of fused-ring (bicyclic) bond motifs is 1. The highest BCUT2D eigenvalue weighted by atomic mass is 16.4. The van der Waals surface area contributed by atoms with E-state index in [1.807, 2.05) is 0 Å². The second-order valence-corrected chi connectivity index (χ2v) is 8.73. The Morgan fingerprint density at radius 3 is 3.03 bits per heavy atom. The van der Waals surface area contributed by atoms with Gasteiger partial charge < -0.3 is 20.6 Å². The Labute approximate surface area is 188 Å². The second-order valence-electron chi connectivity index (χ2n) is 8.73. The fraction of sp³-hybridized carbons (Fsp3) is 0.500. The number of amides is 1. The third-order valence-electron chi connectivity index (χ3n) is 6.39. The number of rotatable bonds is 9. The van der Waals surface area contributed by atoms with E-state index in [1.54, 1.807) is 18.3 Å². The van der Waals surface area contributed by atoms with Gasteiger partial charge >= 0.3 is 5.97 Å². The maximum Gasteiger partial charge on any atom is 0.326 e. The number of aliphatic carboxylic acids is 1. The van der Waals surface area contributed by atoms with E-state index in [2.05, 4.69) is 32.7 Å². The predicted molar refractivity (Wildman–Crippen MR) is 122 cm³/mol. The minimum absolute atomic E-state index is 0.367. The van der Waals surface area contributed by atoms with Crippen LogP contribution in [-0.2, 0) is 17.6 Å². The molecule has 1 unspecified atom stereocenters. The first-order valence-corrected chi connectivity index (χ1v) is 11.5. The number of pyridine rings is 2. The summed E-state index contributed by atoms with van der Waals surface area (Å²) in [6.07, 6.45) is 8.83. The van der Waals surface area contributed by atoms with Crippen molar-refractivity contribution in [3.8, 4) is 0 Å². The van der Waals surface area contributed by atoms with Crippen molar-refractivity contribution in [2.45, 2.75) is 44.6 Å². The Kier molecular flexibility index (Phi) is 7.32. The number of nitrogens with one attached hydrogen (secondary N) is 2. The summed E-state index contributed by atoms with van der Waals surface area (Å²) in [4.78, 5) is 34.9. The molecule has 32 heavy (non-hydrogen) atoms. The first-order chi connectivity index (χ1) is 15.6. The van der Waals surface area contributed by atoms with E-state index < -0.39 is 17.9 Å². The van der Waals surface area contributed by atoms with E-state index in [4.69, 9.17) is 4.98 Å². The molecular weight excluding hydrogens is 406 g/mol. The van der Waals surface area contributed by atoms with E-state index in [1.165, 1.54) is 18.2 Å².